The van der Waals surface area contributed by atoms with Gasteiger partial charge < -0.3 is 15.4 Å². The molecule has 2 N–H and O–H groups in total. The Balaban J connectivity index is 1.53. The van der Waals surface area contributed by atoms with E-state index in [-0.39, 0.29) is 5.91 Å². The molecule has 0 unspecified atom stereocenters. The Morgan fingerprint density at radius 1 is 1.03 bits per heavy atom. The fraction of sp³-hybridized carbons (Fsp3) is 0.261. The molecular weight excluding hydrogens is 364 g/mol. The van der Waals surface area contributed by atoms with Gasteiger partial charge in [0.25, 0.3) is 5.91 Å². The van der Waals surface area contributed by atoms with Crippen LogP contribution in [-0.4, -0.2) is 22.4 Å². The molecule has 0 radical (unpaired) electrons. The summed E-state index contributed by atoms with van der Waals surface area (Å²) in [6, 6.07) is 18.8. The number of amides is 1. The van der Waals surface area contributed by atoms with Crippen LogP contribution < -0.4 is 15.4 Å². The molecule has 0 spiro atoms. The second kappa shape index (κ2) is 10.2. The van der Waals surface area contributed by atoms with Gasteiger partial charge in [-0.2, -0.15) is 0 Å². The number of carbonyl (C=O) groups excluding carboxylic acids is 1. The molecule has 2 aromatic carbocycles. The first-order valence-corrected chi connectivity index (χ1v) is 9.75. The van der Waals surface area contributed by atoms with Gasteiger partial charge in [0.1, 0.15) is 18.1 Å². The lowest BCUT2D eigenvalue weighted by atomic mass is 10.1. The molecule has 0 aliphatic carbocycles. The first kappa shape index (κ1) is 20.3. The Bertz CT molecular complexity index is 912. The standard InChI is InChI=1S/C23H26N4O2/c1-17(2)12-14-24-23-25-15-13-21(27-23)22(28)26-19-8-10-20(11-9-19)29-16-18-6-4-3-5-7-18/h3-11,13,15,17H,12,14,16H2,1-2H3,(H,26,28)(H,24,25,27). The van der Waals surface area contributed by atoms with E-state index in [2.05, 4.69) is 34.4 Å². The summed E-state index contributed by atoms with van der Waals surface area (Å²) in [5, 5.41) is 6.00. The van der Waals surface area contributed by atoms with Crippen molar-refractivity contribution in [3.63, 3.8) is 0 Å². The Kier molecular flexibility index (Phi) is 7.16. The third kappa shape index (κ3) is 6.60. The summed E-state index contributed by atoms with van der Waals surface area (Å²) in [5.74, 6) is 1.51. The van der Waals surface area contributed by atoms with E-state index >= 15 is 0 Å². The molecule has 6 nitrogen and oxygen atoms in total. The molecule has 0 atom stereocenters. The molecule has 29 heavy (non-hydrogen) atoms. The largest absolute Gasteiger partial charge is 0.489 e. The lowest BCUT2D eigenvalue weighted by molar-refractivity contribution is 0.102. The van der Waals surface area contributed by atoms with Gasteiger partial charge in [-0.1, -0.05) is 44.2 Å². The van der Waals surface area contributed by atoms with Crippen LogP contribution in [0, 0.1) is 5.92 Å². The topological polar surface area (TPSA) is 76.1 Å². The lowest BCUT2D eigenvalue weighted by Gasteiger charge is -2.09. The molecule has 1 heterocycles. The Morgan fingerprint density at radius 2 is 1.79 bits per heavy atom. The number of benzene rings is 2. The van der Waals surface area contributed by atoms with Crippen LogP contribution in [-0.2, 0) is 6.61 Å². The molecule has 0 aliphatic rings. The minimum absolute atomic E-state index is 0.280. The van der Waals surface area contributed by atoms with E-state index in [1.165, 1.54) is 0 Å². The highest BCUT2D eigenvalue weighted by Crippen LogP contribution is 2.18. The maximum absolute atomic E-state index is 12.5. The summed E-state index contributed by atoms with van der Waals surface area (Å²) in [7, 11) is 0. The second-order valence-corrected chi connectivity index (χ2v) is 7.13. The first-order chi connectivity index (χ1) is 14.1. The van der Waals surface area contributed by atoms with Gasteiger partial charge in [0.2, 0.25) is 5.95 Å². The van der Waals surface area contributed by atoms with E-state index in [9.17, 15) is 4.79 Å². The molecule has 0 saturated carbocycles. The lowest BCUT2D eigenvalue weighted by Crippen LogP contribution is -2.16. The van der Waals surface area contributed by atoms with Crippen molar-refractivity contribution in [3.8, 4) is 5.75 Å². The minimum atomic E-state index is -0.280. The van der Waals surface area contributed by atoms with Crippen LogP contribution in [0.15, 0.2) is 66.9 Å². The number of aromatic nitrogens is 2. The number of carbonyl (C=O) groups is 1. The normalized spacial score (nSPS) is 10.6. The zero-order chi connectivity index (χ0) is 20.5. The summed E-state index contributed by atoms with van der Waals surface area (Å²) < 4.78 is 5.77. The van der Waals surface area contributed by atoms with E-state index in [0.717, 1.165) is 24.3 Å². The van der Waals surface area contributed by atoms with E-state index in [1.54, 1.807) is 24.4 Å². The Hall–Kier alpha value is -3.41. The predicted octanol–water partition coefficient (Wildman–Crippen LogP) is 4.77. The van der Waals surface area contributed by atoms with Gasteiger partial charge in [-0.25, -0.2) is 9.97 Å². The maximum atomic E-state index is 12.5. The average molecular weight is 390 g/mol. The summed E-state index contributed by atoms with van der Waals surface area (Å²) in [4.78, 5) is 20.9. The van der Waals surface area contributed by atoms with Crippen LogP contribution in [0.3, 0.4) is 0 Å². The molecule has 3 aromatic rings. The van der Waals surface area contributed by atoms with Crippen LogP contribution in [0.25, 0.3) is 0 Å². The number of hydrogen-bond acceptors (Lipinski definition) is 5. The molecule has 1 aromatic heterocycles. The third-order valence-corrected chi connectivity index (χ3v) is 4.25. The average Bonchev–Trinajstić information content (AvgIpc) is 2.74. The fourth-order valence-electron chi connectivity index (χ4n) is 2.61. The Morgan fingerprint density at radius 3 is 2.52 bits per heavy atom. The molecule has 6 heteroatoms. The molecular formula is C23H26N4O2. The number of nitrogens with one attached hydrogen (secondary N) is 2. The fourth-order valence-corrected chi connectivity index (χ4v) is 2.61. The van der Waals surface area contributed by atoms with Crippen LogP contribution in [0.2, 0.25) is 0 Å². The molecule has 0 bridgehead atoms. The zero-order valence-electron chi connectivity index (χ0n) is 16.8. The van der Waals surface area contributed by atoms with Gasteiger partial charge in [-0.15, -0.1) is 0 Å². The van der Waals surface area contributed by atoms with Crippen LogP contribution in [0.4, 0.5) is 11.6 Å². The monoisotopic (exact) mass is 390 g/mol. The number of ether oxygens (including phenoxy) is 1. The smallest absolute Gasteiger partial charge is 0.274 e. The maximum Gasteiger partial charge on any atom is 0.274 e. The zero-order valence-corrected chi connectivity index (χ0v) is 16.8. The summed E-state index contributed by atoms with van der Waals surface area (Å²) in [6.07, 6.45) is 2.60. The molecule has 0 aliphatic heterocycles. The highest BCUT2D eigenvalue weighted by atomic mass is 16.5. The van der Waals surface area contributed by atoms with E-state index < -0.39 is 0 Å². The van der Waals surface area contributed by atoms with E-state index in [0.29, 0.717) is 29.9 Å². The molecule has 0 saturated heterocycles. The second-order valence-electron chi connectivity index (χ2n) is 7.13. The molecule has 150 valence electrons. The minimum Gasteiger partial charge on any atom is -0.489 e. The van der Waals surface area contributed by atoms with Gasteiger partial charge in [0.15, 0.2) is 0 Å². The Labute approximate surface area is 171 Å². The van der Waals surface area contributed by atoms with Crippen molar-refractivity contribution in [2.45, 2.75) is 26.9 Å². The van der Waals surface area contributed by atoms with Crippen molar-refractivity contribution < 1.29 is 9.53 Å². The van der Waals surface area contributed by atoms with E-state index in [4.69, 9.17) is 4.74 Å². The highest BCUT2D eigenvalue weighted by Gasteiger charge is 2.09. The molecule has 0 fully saturated rings. The quantitative estimate of drug-likeness (QED) is 0.551. The van der Waals surface area contributed by atoms with Gasteiger partial charge in [0, 0.05) is 18.4 Å². The van der Waals surface area contributed by atoms with Crippen LogP contribution in [0.5, 0.6) is 5.75 Å². The third-order valence-electron chi connectivity index (χ3n) is 4.25. The van der Waals surface area contributed by atoms with Gasteiger partial charge in [-0.05, 0) is 48.2 Å². The van der Waals surface area contributed by atoms with Crippen molar-refractivity contribution in [1.82, 2.24) is 9.97 Å². The summed E-state index contributed by atoms with van der Waals surface area (Å²) >= 11 is 0. The first-order valence-electron chi connectivity index (χ1n) is 9.75. The van der Waals surface area contributed by atoms with Crippen molar-refractivity contribution in [2.24, 2.45) is 5.92 Å². The number of hydrogen-bond donors (Lipinski definition) is 2. The van der Waals surface area contributed by atoms with Crippen LogP contribution >= 0.6 is 0 Å². The number of anilines is 2. The number of nitrogens with zero attached hydrogens (tertiary/aromatic N) is 2. The van der Waals surface area contributed by atoms with Crippen molar-refractivity contribution in [3.05, 3.63) is 78.1 Å². The van der Waals surface area contributed by atoms with Crippen LogP contribution in [0.1, 0.15) is 36.3 Å². The van der Waals surface area contributed by atoms with Gasteiger partial charge >= 0.3 is 0 Å². The molecule has 3 rings (SSSR count). The SMILES string of the molecule is CC(C)CCNc1nccc(C(=O)Nc2ccc(OCc3ccccc3)cc2)n1. The number of rotatable bonds is 9. The van der Waals surface area contributed by atoms with Crippen molar-refractivity contribution in [1.29, 1.82) is 0 Å². The predicted molar refractivity (Wildman–Crippen MR) is 115 cm³/mol. The summed E-state index contributed by atoms with van der Waals surface area (Å²) in [6.45, 7) is 5.59. The van der Waals surface area contributed by atoms with Gasteiger partial charge in [-0.3, -0.25) is 4.79 Å². The van der Waals surface area contributed by atoms with Gasteiger partial charge in [0.05, 0.1) is 0 Å². The summed E-state index contributed by atoms with van der Waals surface area (Å²) in [5.41, 5.74) is 2.10. The van der Waals surface area contributed by atoms with E-state index in [1.807, 2.05) is 42.5 Å². The molecule has 1 amide bonds. The highest BCUT2D eigenvalue weighted by molar-refractivity contribution is 6.02. The van der Waals surface area contributed by atoms with Crippen molar-refractivity contribution in [2.75, 3.05) is 17.2 Å². The van der Waals surface area contributed by atoms with Crippen molar-refractivity contribution >= 4 is 17.5 Å².